The van der Waals surface area contributed by atoms with Crippen LogP contribution in [0.4, 0.5) is 11.4 Å². The van der Waals surface area contributed by atoms with E-state index in [1.165, 1.54) is 6.07 Å². The molecule has 1 aliphatic rings. The molecule has 0 aromatic heterocycles. The van der Waals surface area contributed by atoms with E-state index >= 15 is 0 Å². The summed E-state index contributed by atoms with van der Waals surface area (Å²) < 4.78 is 5.18. The number of esters is 1. The summed E-state index contributed by atoms with van der Waals surface area (Å²) in [7, 11) is 0. The van der Waals surface area contributed by atoms with E-state index in [4.69, 9.17) is 16.3 Å². The lowest BCUT2D eigenvalue weighted by atomic mass is 10.1. The van der Waals surface area contributed by atoms with Gasteiger partial charge >= 0.3 is 5.97 Å². The SMILES string of the molecule is O=C(COC(=O)c1ccccc1C(=O)N1CCN(c2ccccc2)CC1)Nc1cccc(Cl)c1. The van der Waals surface area contributed by atoms with Crippen molar-refractivity contribution >= 4 is 40.8 Å². The van der Waals surface area contributed by atoms with E-state index in [9.17, 15) is 14.4 Å². The number of rotatable bonds is 6. The molecule has 0 spiro atoms. The first kappa shape index (κ1) is 23.3. The Morgan fingerprint density at radius 2 is 1.50 bits per heavy atom. The second kappa shape index (κ2) is 10.9. The van der Waals surface area contributed by atoms with Gasteiger partial charge in [-0.05, 0) is 42.5 Å². The highest BCUT2D eigenvalue weighted by molar-refractivity contribution is 6.30. The number of ether oxygens (including phenoxy) is 1. The number of anilines is 2. The number of hydrogen-bond donors (Lipinski definition) is 1. The van der Waals surface area contributed by atoms with Crippen LogP contribution in [-0.2, 0) is 9.53 Å². The normalized spacial score (nSPS) is 13.3. The average Bonchev–Trinajstić information content (AvgIpc) is 2.87. The van der Waals surface area contributed by atoms with E-state index in [-0.39, 0.29) is 17.0 Å². The first-order chi connectivity index (χ1) is 16.5. The van der Waals surface area contributed by atoms with E-state index in [0.29, 0.717) is 36.9 Å². The maximum atomic E-state index is 13.2. The molecular formula is C26H24ClN3O4. The third kappa shape index (κ3) is 5.74. The number of carbonyl (C=O) groups is 3. The maximum absolute atomic E-state index is 13.2. The standard InChI is InChI=1S/C26H24ClN3O4/c27-19-7-6-8-20(17-19)28-24(31)18-34-26(33)23-12-5-4-11-22(23)25(32)30-15-13-29(14-16-30)21-9-2-1-3-10-21/h1-12,17H,13-16,18H2,(H,28,31). The van der Waals surface area contributed by atoms with Crippen molar-refractivity contribution in [3.8, 4) is 0 Å². The van der Waals surface area contributed by atoms with Crippen LogP contribution in [0.25, 0.3) is 0 Å². The molecular weight excluding hydrogens is 454 g/mol. The van der Waals surface area contributed by atoms with E-state index in [0.717, 1.165) is 5.69 Å². The lowest BCUT2D eigenvalue weighted by molar-refractivity contribution is -0.119. The van der Waals surface area contributed by atoms with Crippen LogP contribution in [0.1, 0.15) is 20.7 Å². The molecule has 3 aromatic rings. The molecule has 1 heterocycles. The summed E-state index contributed by atoms with van der Waals surface area (Å²) in [6, 6.07) is 23.2. The Kier molecular flexibility index (Phi) is 7.44. The Morgan fingerprint density at radius 3 is 2.21 bits per heavy atom. The van der Waals surface area contributed by atoms with Crippen molar-refractivity contribution in [1.29, 1.82) is 0 Å². The average molecular weight is 478 g/mol. The number of para-hydroxylation sites is 1. The molecule has 8 heteroatoms. The van der Waals surface area contributed by atoms with Gasteiger partial charge in [-0.3, -0.25) is 9.59 Å². The fourth-order valence-corrected chi connectivity index (χ4v) is 3.99. The molecule has 1 fully saturated rings. The van der Waals surface area contributed by atoms with Crippen molar-refractivity contribution in [3.05, 3.63) is 95.0 Å². The summed E-state index contributed by atoms with van der Waals surface area (Å²) in [5.74, 6) is -1.46. The molecule has 1 N–H and O–H groups in total. The Balaban J connectivity index is 1.36. The zero-order valence-electron chi connectivity index (χ0n) is 18.4. The zero-order valence-corrected chi connectivity index (χ0v) is 19.2. The summed E-state index contributed by atoms with van der Waals surface area (Å²) in [6.45, 7) is 2.00. The van der Waals surface area contributed by atoms with Crippen molar-refractivity contribution in [2.75, 3.05) is 43.0 Å². The Morgan fingerprint density at radius 1 is 0.824 bits per heavy atom. The van der Waals surface area contributed by atoms with Crippen molar-refractivity contribution in [1.82, 2.24) is 4.90 Å². The molecule has 0 saturated carbocycles. The van der Waals surface area contributed by atoms with E-state index in [2.05, 4.69) is 10.2 Å². The molecule has 174 valence electrons. The summed E-state index contributed by atoms with van der Waals surface area (Å²) in [6.07, 6.45) is 0. The summed E-state index contributed by atoms with van der Waals surface area (Å²) in [5, 5.41) is 3.09. The van der Waals surface area contributed by atoms with Crippen LogP contribution in [0.5, 0.6) is 0 Å². The minimum absolute atomic E-state index is 0.133. The van der Waals surface area contributed by atoms with Crippen molar-refractivity contribution in [3.63, 3.8) is 0 Å². The fraction of sp³-hybridized carbons (Fsp3) is 0.192. The Hall–Kier alpha value is -3.84. The van der Waals surface area contributed by atoms with Crippen molar-refractivity contribution in [2.45, 2.75) is 0 Å². The lowest BCUT2D eigenvalue weighted by Gasteiger charge is -2.36. The number of benzene rings is 3. The molecule has 7 nitrogen and oxygen atoms in total. The van der Waals surface area contributed by atoms with Crippen molar-refractivity contribution in [2.24, 2.45) is 0 Å². The predicted octanol–water partition coefficient (Wildman–Crippen LogP) is 4.10. The summed E-state index contributed by atoms with van der Waals surface area (Å²) >= 11 is 5.91. The first-order valence-corrected chi connectivity index (χ1v) is 11.3. The van der Waals surface area contributed by atoms with Crippen LogP contribution in [0.2, 0.25) is 5.02 Å². The molecule has 0 bridgehead atoms. The van der Waals surface area contributed by atoms with Crippen LogP contribution in [-0.4, -0.2) is 55.5 Å². The first-order valence-electron chi connectivity index (χ1n) is 10.9. The number of amides is 2. The smallest absolute Gasteiger partial charge is 0.339 e. The van der Waals surface area contributed by atoms with Crippen LogP contribution < -0.4 is 10.2 Å². The molecule has 4 rings (SSSR count). The lowest BCUT2D eigenvalue weighted by Crippen LogP contribution is -2.49. The van der Waals surface area contributed by atoms with Gasteiger partial charge in [-0.1, -0.05) is 48.0 Å². The number of nitrogens with one attached hydrogen (secondary N) is 1. The molecule has 0 radical (unpaired) electrons. The van der Waals surface area contributed by atoms with Gasteiger partial charge in [0.2, 0.25) is 0 Å². The summed E-state index contributed by atoms with van der Waals surface area (Å²) in [4.78, 5) is 42.0. The number of piperazine rings is 1. The van der Waals surface area contributed by atoms with Gasteiger partial charge in [0.15, 0.2) is 6.61 Å². The van der Waals surface area contributed by atoms with Crippen molar-refractivity contribution < 1.29 is 19.1 Å². The van der Waals surface area contributed by atoms with E-state index in [1.54, 1.807) is 47.4 Å². The maximum Gasteiger partial charge on any atom is 0.339 e. The molecule has 3 aromatic carbocycles. The summed E-state index contributed by atoms with van der Waals surface area (Å²) in [5.41, 5.74) is 2.01. The molecule has 34 heavy (non-hydrogen) atoms. The number of hydrogen-bond acceptors (Lipinski definition) is 5. The van der Waals surface area contributed by atoms with Gasteiger partial charge in [-0.2, -0.15) is 0 Å². The number of nitrogens with zero attached hydrogens (tertiary/aromatic N) is 2. The van der Waals surface area contributed by atoms with Gasteiger partial charge in [-0.25, -0.2) is 4.79 Å². The number of halogens is 1. The van der Waals surface area contributed by atoms with Gasteiger partial charge in [0, 0.05) is 42.6 Å². The Bertz CT molecular complexity index is 1180. The fourth-order valence-electron chi connectivity index (χ4n) is 3.80. The van der Waals surface area contributed by atoms with Crippen LogP contribution >= 0.6 is 11.6 Å². The highest BCUT2D eigenvalue weighted by atomic mass is 35.5. The minimum Gasteiger partial charge on any atom is -0.452 e. The monoisotopic (exact) mass is 477 g/mol. The Labute approximate surface area is 202 Å². The van der Waals surface area contributed by atoms with Crippen LogP contribution in [0.15, 0.2) is 78.9 Å². The molecule has 0 atom stereocenters. The molecule has 1 aliphatic heterocycles. The van der Waals surface area contributed by atoms with E-state index < -0.39 is 18.5 Å². The minimum atomic E-state index is -0.729. The highest BCUT2D eigenvalue weighted by Crippen LogP contribution is 2.19. The second-order valence-electron chi connectivity index (χ2n) is 7.80. The van der Waals surface area contributed by atoms with Gasteiger partial charge < -0.3 is 19.9 Å². The highest BCUT2D eigenvalue weighted by Gasteiger charge is 2.26. The third-order valence-electron chi connectivity index (χ3n) is 5.51. The van der Waals surface area contributed by atoms with Gasteiger partial charge in [0.1, 0.15) is 0 Å². The molecule has 0 aliphatic carbocycles. The van der Waals surface area contributed by atoms with Gasteiger partial charge in [-0.15, -0.1) is 0 Å². The van der Waals surface area contributed by atoms with Gasteiger partial charge in [0.25, 0.3) is 11.8 Å². The van der Waals surface area contributed by atoms with Gasteiger partial charge in [0.05, 0.1) is 11.1 Å². The predicted molar refractivity (Wildman–Crippen MR) is 131 cm³/mol. The molecule has 0 unspecified atom stereocenters. The molecule has 1 saturated heterocycles. The molecule has 2 amide bonds. The van der Waals surface area contributed by atoms with E-state index in [1.807, 2.05) is 30.3 Å². The van der Waals surface area contributed by atoms with Crippen LogP contribution in [0.3, 0.4) is 0 Å². The second-order valence-corrected chi connectivity index (χ2v) is 8.23. The largest absolute Gasteiger partial charge is 0.452 e. The topological polar surface area (TPSA) is 79.0 Å². The number of carbonyl (C=O) groups excluding carboxylic acids is 3. The van der Waals surface area contributed by atoms with Crippen LogP contribution in [0, 0.1) is 0 Å². The zero-order chi connectivity index (χ0) is 23.9. The quantitative estimate of drug-likeness (QED) is 0.541. The third-order valence-corrected chi connectivity index (χ3v) is 5.74.